The van der Waals surface area contributed by atoms with Crippen molar-refractivity contribution in [2.24, 2.45) is 5.92 Å². The standard InChI is InChI=1S/C18H28N2O4S/c1-14(2)13-24-17-9-6-7-15(11-17)18(21)20-10-5-4-8-16(20)12-19-25(3,22)23/h6-7,9,11,14,16,19H,4-5,8,10,12-13H2,1-3H3. The molecule has 1 aliphatic rings. The number of sulfonamides is 1. The Bertz CT molecular complexity index is 688. The van der Waals surface area contributed by atoms with Crippen molar-refractivity contribution in [2.45, 2.75) is 39.2 Å². The molecule has 1 atom stereocenters. The van der Waals surface area contributed by atoms with Gasteiger partial charge in [-0.2, -0.15) is 0 Å². The molecule has 1 aromatic carbocycles. The van der Waals surface area contributed by atoms with Crippen LogP contribution in [0.5, 0.6) is 5.75 Å². The van der Waals surface area contributed by atoms with Crippen LogP contribution in [-0.2, 0) is 10.0 Å². The van der Waals surface area contributed by atoms with Crippen LogP contribution in [0.2, 0.25) is 0 Å². The number of benzene rings is 1. The average Bonchev–Trinajstić information content (AvgIpc) is 2.57. The molecule has 1 unspecified atom stereocenters. The Labute approximate surface area is 150 Å². The molecule has 140 valence electrons. The monoisotopic (exact) mass is 368 g/mol. The van der Waals surface area contributed by atoms with Gasteiger partial charge in [-0.1, -0.05) is 19.9 Å². The third kappa shape index (κ3) is 6.32. The maximum absolute atomic E-state index is 12.9. The number of carbonyl (C=O) groups excluding carboxylic acids is 1. The molecular weight excluding hydrogens is 340 g/mol. The number of nitrogens with zero attached hydrogens (tertiary/aromatic N) is 1. The van der Waals surface area contributed by atoms with Gasteiger partial charge in [0, 0.05) is 24.7 Å². The number of hydrogen-bond acceptors (Lipinski definition) is 4. The zero-order chi connectivity index (χ0) is 18.4. The molecule has 0 bridgehead atoms. The van der Waals surface area contributed by atoms with Crippen LogP contribution in [0.1, 0.15) is 43.5 Å². The molecule has 2 rings (SSSR count). The number of rotatable bonds is 7. The molecule has 7 heteroatoms. The van der Waals surface area contributed by atoms with Gasteiger partial charge in [0.25, 0.3) is 5.91 Å². The first-order chi connectivity index (χ1) is 11.8. The molecule has 6 nitrogen and oxygen atoms in total. The van der Waals surface area contributed by atoms with Gasteiger partial charge in [0.1, 0.15) is 5.75 Å². The van der Waals surface area contributed by atoms with Gasteiger partial charge >= 0.3 is 0 Å². The highest BCUT2D eigenvalue weighted by atomic mass is 32.2. The smallest absolute Gasteiger partial charge is 0.254 e. The summed E-state index contributed by atoms with van der Waals surface area (Å²) in [5.41, 5.74) is 0.576. The van der Waals surface area contributed by atoms with Crippen molar-refractivity contribution in [1.29, 1.82) is 0 Å². The first-order valence-corrected chi connectivity index (χ1v) is 10.6. The Hall–Kier alpha value is -1.60. The normalized spacial score (nSPS) is 18.4. The minimum atomic E-state index is -3.27. The van der Waals surface area contributed by atoms with Crippen LogP contribution in [0.25, 0.3) is 0 Å². The highest BCUT2D eigenvalue weighted by Gasteiger charge is 2.28. The van der Waals surface area contributed by atoms with Crippen LogP contribution in [0.3, 0.4) is 0 Å². The van der Waals surface area contributed by atoms with E-state index in [1.54, 1.807) is 17.0 Å². The van der Waals surface area contributed by atoms with Crippen molar-refractivity contribution in [2.75, 3.05) is 26.0 Å². The summed E-state index contributed by atoms with van der Waals surface area (Å²) in [7, 11) is -3.27. The highest BCUT2D eigenvalue weighted by molar-refractivity contribution is 7.88. The number of nitrogens with one attached hydrogen (secondary N) is 1. The van der Waals surface area contributed by atoms with E-state index in [0.29, 0.717) is 30.4 Å². The summed E-state index contributed by atoms with van der Waals surface area (Å²) in [6.45, 7) is 5.65. The molecule has 1 aliphatic heterocycles. The van der Waals surface area contributed by atoms with E-state index in [9.17, 15) is 13.2 Å². The molecule has 1 heterocycles. The van der Waals surface area contributed by atoms with E-state index in [1.807, 2.05) is 12.1 Å². The number of likely N-dealkylation sites (tertiary alicyclic amines) is 1. The van der Waals surface area contributed by atoms with Gasteiger partial charge in [-0.25, -0.2) is 13.1 Å². The summed E-state index contributed by atoms with van der Waals surface area (Å²) in [5, 5.41) is 0. The summed E-state index contributed by atoms with van der Waals surface area (Å²) in [4.78, 5) is 14.7. The first-order valence-electron chi connectivity index (χ1n) is 8.75. The van der Waals surface area contributed by atoms with Gasteiger partial charge in [-0.3, -0.25) is 4.79 Å². The van der Waals surface area contributed by atoms with E-state index >= 15 is 0 Å². The first kappa shape index (κ1) is 19.7. The van der Waals surface area contributed by atoms with Crippen molar-refractivity contribution >= 4 is 15.9 Å². The van der Waals surface area contributed by atoms with Crippen LogP contribution >= 0.6 is 0 Å². The van der Waals surface area contributed by atoms with Crippen LogP contribution in [0.15, 0.2) is 24.3 Å². The third-order valence-electron chi connectivity index (χ3n) is 4.13. The van der Waals surface area contributed by atoms with Crippen molar-refractivity contribution in [1.82, 2.24) is 9.62 Å². The lowest BCUT2D eigenvalue weighted by Gasteiger charge is -2.36. The number of ether oxygens (including phenoxy) is 1. The third-order valence-corrected chi connectivity index (χ3v) is 4.82. The summed E-state index contributed by atoms with van der Waals surface area (Å²) in [6.07, 6.45) is 3.87. The zero-order valence-electron chi connectivity index (χ0n) is 15.2. The van der Waals surface area contributed by atoms with Gasteiger partial charge in [-0.15, -0.1) is 0 Å². The maximum atomic E-state index is 12.9. The number of carbonyl (C=O) groups is 1. The molecule has 0 aliphatic carbocycles. The lowest BCUT2D eigenvalue weighted by molar-refractivity contribution is 0.0618. The largest absolute Gasteiger partial charge is 0.493 e. The molecular formula is C18H28N2O4S. The van der Waals surface area contributed by atoms with Crippen LogP contribution in [0, 0.1) is 5.92 Å². The van der Waals surface area contributed by atoms with Crippen LogP contribution in [0.4, 0.5) is 0 Å². The predicted octanol–water partition coefficient (Wildman–Crippen LogP) is 2.27. The summed E-state index contributed by atoms with van der Waals surface area (Å²) in [5.74, 6) is 1.02. The molecule has 1 saturated heterocycles. The Balaban J connectivity index is 2.09. The van der Waals surface area contributed by atoms with Gasteiger partial charge in [0.2, 0.25) is 10.0 Å². The van der Waals surface area contributed by atoms with Crippen molar-refractivity contribution in [3.05, 3.63) is 29.8 Å². The molecule has 1 fully saturated rings. The minimum absolute atomic E-state index is 0.0741. The molecule has 0 spiro atoms. The van der Waals surface area contributed by atoms with E-state index in [1.165, 1.54) is 0 Å². The fourth-order valence-corrected chi connectivity index (χ4v) is 3.37. The van der Waals surface area contributed by atoms with Gasteiger partial charge in [-0.05, 0) is 43.4 Å². The molecule has 0 aromatic heterocycles. The number of piperidine rings is 1. The van der Waals surface area contributed by atoms with Gasteiger partial charge < -0.3 is 9.64 Å². The lowest BCUT2D eigenvalue weighted by atomic mass is 10.0. The van der Waals surface area contributed by atoms with Crippen molar-refractivity contribution in [3.63, 3.8) is 0 Å². The molecule has 25 heavy (non-hydrogen) atoms. The topological polar surface area (TPSA) is 75.7 Å². The van der Waals surface area contributed by atoms with E-state index in [-0.39, 0.29) is 18.5 Å². The van der Waals surface area contributed by atoms with Crippen molar-refractivity contribution in [3.8, 4) is 5.75 Å². The second-order valence-corrected chi connectivity index (χ2v) is 8.83. The minimum Gasteiger partial charge on any atom is -0.493 e. The molecule has 1 aromatic rings. The predicted molar refractivity (Wildman–Crippen MR) is 98.3 cm³/mol. The van der Waals surface area contributed by atoms with E-state index in [2.05, 4.69) is 18.6 Å². The quantitative estimate of drug-likeness (QED) is 0.801. The summed E-state index contributed by atoms with van der Waals surface area (Å²) >= 11 is 0. The van der Waals surface area contributed by atoms with Crippen LogP contribution in [-0.4, -0.2) is 51.2 Å². The zero-order valence-corrected chi connectivity index (χ0v) is 16.0. The van der Waals surface area contributed by atoms with Gasteiger partial charge in [0.05, 0.1) is 12.9 Å². The molecule has 0 saturated carbocycles. The highest BCUT2D eigenvalue weighted by Crippen LogP contribution is 2.22. The Morgan fingerprint density at radius 3 is 2.80 bits per heavy atom. The van der Waals surface area contributed by atoms with Gasteiger partial charge in [0.15, 0.2) is 0 Å². The molecule has 1 N–H and O–H groups in total. The lowest BCUT2D eigenvalue weighted by Crippen LogP contribution is -2.49. The fraction of sp³-hybridized carbons (Fsp3) is 0.611. The Morgan fingerprint density at radius 1 is 1.36 bits per heavy atom. The second kappa shape index (κ2) is 8.67. The maximum Gasteiger partial charge on any atom is 0.254 e. The van der Waals surface area contributed by atoms with E-state index < -0.39 is 10.0 Å². The SMILES string of the molecule is CC(C)COc1cccc(C(=O)N2CCCCC2CNS(C)(=O)=O)c1. The molecule has 1 amide bonds. The number of hydrogen-bond donors (Lipinski definition) is 1. The Morgan fingerprint density at radius 2 is 2.12 bits per heavy atom. The number of amides is 1. The van der Waals surface area contributed by atoms with Crippen LogP contribution < -0.4 is 9.46 Å². The molecule has 0 radical (unpaired) electrons. The van der Waals surface area contributed by atoms with E-state index in [0.717, 1.165) is 25.5 Å². The van der Waals surface area contributed by atoms with Crippen molar-refractivity contribution < 1.29 is 17.9 Å². The average molecular weight is 368 g/mol. The fourth-order valence-electron chi connectivity index (χ4n) is 2.88. The summed E-state index contributed by atoms with van der Waals surface area (Å²) < 4.78 is 30.9. The summed E-state index contributed by atoms with van der Waals surface area (Å²) in [6, 6.07) is 7.09. The second-order valence-electron chi connectivity index (χ2n) is 7.00. The van der Waals surface area contributed by atoms with E-state index in [4.69, 9.17) is 4.74 Å². The Kier molecular flexibility index (Phi) is 6.84.